The minimum absolute atomic E-state index is 0.0261. The topological polar surface area (TPSA) is 263 Å². The van der Waals surface area contributed by atoms with E-state index < -0.39 is 28.4 Å². The second-order valence-electron chi connectivity index (χ2n) is 30.0. The van der Waals surface area contributed by atoms with Crippen molar-refractivity contribution in [1.29, 1.82) is 0 Å². The monoisotopic (exact) mass is 1410 g/mol. The summed E-state index contributed by atoms with van der Waals surface area (Å²) < 4.78 is 19.5. The number of rotatable bonds is 13. The zero-order valence-electron chi connectivity index (χ0n) is 61.7. The molecule has 12 heterocycles. The van der Waals surface area contributed by atoms with Crippen LogP contribution < -0.4 is 0 Å². The van der Waals surface area contributed by atoms with Crippen molar-refractivity contribution in [2.75, 3.05) is 54.4 Å². The summed E-state index contributed by atoms with van der Waals surface area (Å²) in [6.07, 6.45) is 15.0. The van der Waals surface area contributed by atoms with Crippen LogP contribution in [-0.4, -0.2) is 150 Å². The highest BCUT2D eigenvalue weighted by molar-refractivity contribution is 5.90. The van der Waals surface area contributed by atoms with E-state index in [-0.39, 0.29) is 11.8 Å². The van der Waals surface area contributed by atoms with Gasteiger partial charge in [-0.1, -0.05) is 58.7 Å². The van der Waals surface area contributed by atoms with Gasteiger partial charge in [0.2, 0.25) is 0 Å². The Morgan fingerprint density at radius 1 is 0.471 bits per heavy atom. The Bertz CT molecular complexity index is 4930. The molecule has 0 spiro atoms. The zero-order valence-corrected chi connectivity index (χ0v) is 61.7. The van der Waals surface area contributed by atoms with Crippen LogP contribution in [0, 0.1) is 27.7 Å². The van der Waals surface area contributed by atoms with Crippen LogP contribution in [0.15, 0.2) is 150 Å². The molecule has 4 unspecified atom stereocenters. The van der Waals surface area contributed by atoms with Crippen LogP contribution in [0.2, 0.25) is 0 Å². The predicted octanol–water partition coefficient (Wildman–Crippen LogP) is 11.3. The molecule has 5 N–H and O–H groups in total. The van der Waals surface area contributed by atoms with Gasteiger partial charge < -0.3 is 72.2 Å². The first-order valence-electron chi connectivity index (χ1n) is 35.5. The number of carboxylic acids is 1. The summed E-state index contributed by atoms with van der Waals surface area (Å²) in [7, 11) is 8.63. The summed E-state index contributed by atoms with van der Waals surface area (Å²) in [5, 5.41) is 58.5. The number of carbonyl (C=O) groups is 1. The zero-order chi connectivity index (χ0) is 74.2. The molecule has 0 fully saturated rings. The maximum absolute atomic E-state index is 11.2. The lowest BCUT2D eigenvalue weighted by Crippen LogP contribution is -2.31. The van der Waals surface area contributed by atoms with Crippen LogP contribution in [0.1, 0.15) is 128 Å². The molecule has 104 heavy (non-hydrogen) atoms. The van der Waals surface area contributed by atoms with E-state index in [0.29, 0.717) is 43.2 Å². The van der Waals surface area contributed by atoms with Crippen molar-refractivity contribution in [3.8, 4) is 0 Å². The van der Waals surface area contributed by atoms with Gasteiger partial charge in [-0.05, 0) is 166 Å². The van der Waals surface area contributed by atoms with Gasteiger partial charge in [-0.2, -0.15) is 9.59 Å². The van der Waals surface area contributed by atoms with Gasteiger partial charge in [0.1, 0.15) is 40.1 Å². The number of aliphatic hydroxyl groups is 4. The Labute approximate surface area is 606 Å². The molecule has 0 saturated heterocycles. The minimum atomic E-state index is -1.17. The van der Waals surface area contributed by atoms with Crippen LogP contribution in [0.4, 0.5) is 0 Å². The summed E-state index contributed by atoms with van der Waals surface area (Å²) in [6, 6.07) is 33.1. The van der Waals surface area contributed by atoms with Gasteiger partial charge in [-0.25, -0.2) is 19.7 Å². The van der Waals surface area contributed by atoms with Crippen molar-refractivity contribution in [3.63, 3.8) is 0 Å². The molecular weight excluding hydrogens is 1310 g/mol. The lowest BCUT2D eigenvalue weighted by Gasteiger charge is -2.28. The summed E-state index contributed by atoms with van der Waals surface area (Å²) >= 11 is 0. The molecular formula is C82H96N12O10. The second kappa shape index (κ2) is 30.2. The van der Waals surface area contributed by atoms with E-state index in [1.54, 1.807) is 45.4 Å². The quantitative estimate of drug-likeness (QED) is 0.0718. The average molecular weight is 1410 g/mol. The highest BCUT2D eigenvalue weighted by Gasteiger charge is 2.36. The van der Waals surface area contributed by atoms with E-state index in [4.69, 9.17) is 23.5 Å². The van der Waals surface area contributed by atoms with E-state index in [1.165, 1.54) is 137 Å². The normalized spacial score (nSPS) is 17.0. The molecule has 0 aliphatic carbocycles. The summed E-state index contributed by atoms with van der Waals surface area (Å²) in [5.74, 6) is -0.575. The standard InChI is InChI=1S/C22H25N3O3.C21H25N3O.2C19H23N3O2.CO2/c1-14-4-7-19-16(10-14)17-12-24(3)9-8-20(17)25(19)13-22(2,28)15-5-6-18(21(26)27)23-11-15;1-15-6-7-19-17(11-15)18-13-23(3)10-8-20(18)24(19)14-21(2,25)16-5-4-9-22-12-16;1-13-4-5-16-14(8-13)15-10-21(3)7-6-17(15)22(16)11-19(2,23)18-9-20-12-24-18;1-13-4-5-16-14(8-13)15-9-21(3)7-6-17(15)22(16)11-19(2,23)18-10-24-12-20-18;2-1-3/h4-7,10-11,28H,8-9,12-13H2,1-3H3,(H,26,27);4-7,9,11-12,25H,8,10,13-14H2,1-3H3;4-5,8-9,12,23H,6-7,10-11H2,1-3H3;4-5,8,10,12,23H,6-7,9,11H2,1-3H3;. The highest BCUT2D eigenvalue weighted by Crippen LogP contribution is 2.40. The number of aromatic nitrogens is 8. The number of fused-ring (bicyclic) bond motifs is 12. The van der Waals surface area contributed by atoms with E-state index >= 15 is 0 Å². The van der Waals surface area contributed by atoms with Gasteiger partial charge in [0, 0.05) is 174 Å². The van der Waals surface area contributed by atoms with E-state index in [2.05, 4.69) is 186 Å². The number of carboxylic acid groups (broad SMARTS) is 1. The first kappa shape index (κ1) is 74.0. The summed E-state index contributed by atoms with van der Waals surface area (Å²) in [4.78, 5) is 52.9. The molecule has 16 rings (SSSR count). The third-order valence-corrected chi connectivity index (χ3v) is 21.1. The number of carbonyl (C=O) groups excluding carboxylic acids is 2. The number of benzene rings is 4. The Kier molecular flexibility index (Phi) is 21.5. The van der Waals surface area contributed by atoms with Crippen molar-refractivity contribution in [2.24, 2.45) is 0 Å². The smallest absolute Gasteiger partial charge is 0.373 e. The maximum Gasteiger partial charge on any atom is 0.373 e. The summed E-state index contributed by atoms with van der Waals surface area (Å²) in [6.45, 7) is 25.5. The number of hydrogen-bond acceptors (Lipinski definition) is 17. The molecule has 4 aliphatic rings. The number of aromatic carboxylic acids is 1. The number of hydrogen-bond donors (Lipinski definition) is 5. The van der Waals surface area contributed by atoms with Crippen LogP contribution in [0.5, 0.6) is 0 Å². The van der Waals surface area contributed by atoms with E-state index in [9.17, 15) is 25.2 Å². The molecule has 4 atom stereocenters. The first-order valence-corrected chi connectivity index (χ1v) is 35.5. The third-order valence-electron chi connectivity index (χ3n) is 21.1. The Morgan fingerprint density at radius 3 is 1.16 bits per heavy atom. The van der Waals surface area contributed by atoms with Gasteiger partial charge >= 0.3 is 12.1 Å². The Hall–Kier alpha value is -9.71. The predicted molar refractivity (Wildman–Crippen MR) is 399 cm³/mol. The molecule has 0 saturated carbocycles. The minimum Gasteiger partial charge on any atom is -0.477 e. The Balaban J connectivity index is 0.000000129. The maximum atomic E-state index is 11.2. The van der Waals surface area contributed by atoms with E-state index in [0.717, 1.165) is 89.1 Å². The lowest BCUT2D eigenvalue weighted by atomic mass is 9.97. The molecule has 22 nitrogen and oxygen atoms in total. The van der Waals surface area contributed by atoms with Gasteiger partial charge in [0.05, 0.1) is 32.4 Å². The largest absolute Gasteiger partial charge is 0.477 e. The fraction of sp³-hybridized carbons (Fsp3) is 0.390. The molecule has 0 radical (unpaired) electrons. The molecule has 0 bridgehead atoms. The number of pyridine rings is 2. The highest BCUT2D eigenvalue weighted by atomic mass is 16.4. The molecule has 4 aromatic carbocycles. The van der Waals surface area contributed by atoms with Gasteiger partial charge in [-0.3, -0.25) is 4.98 Å². The van der Waals surface area contributed by atoms with Crippen molar-refractivity contribution in [2.45, 2.75) is 156 Å². The van der Waals surface area contributed by atoms with Crippen molar-refractivity contribution in [1.82, 2.24) is 57.8 Å². The van der Waals surface area contributed by atoms with Crippen LogP contribution in [-0.2, 0) is 110 Å². The molecule has 12 aromatic rings. The average Bonchev–Trinajstić information content (AvgIpc) is 1.62. The summed E-state index contributed by atoms with van der Waals surface area (Å²) in [5.41, 5.74) is 18.3. The molecule has 4 aliphatic heterocycles. The first-order chi connectivity index (χ1) is 49.5. The van der Waals surface area contributed by atoms with Gasteiger partial charge in [0.15, 0.2) is 18.5 Å². The van der Waals surface area contributed by atoms with Gasteiger partial charge in [0.25, 0.3) is 0 Å². The Morgan fingerprint density at radius 2 is 0.846 bits per heavy atom. The number of oxazole rings is 2. The molecule has 8 aromatic heterocycles. The number of nitrogens with zero attached hydrogens (tertiary/aromatic N) is 12. The SMILES string of the molecule is Cc1ccc2c(c1)c1c(n2CC(C)(O)c2ccc(C(=O)O)nc2)CCN(C)C1.Cc1ccc2c(c1)c1c(n2CC(C)(O)c2cccnc2)CCN(C)C1.Cc1ccc2c(c1)c1c(n2CC(C)(O)c2cnco2)CCN(C)C1.Cc1ccc2c(c1)c1c(n2CC(C)(O)c2cocn2)CCN(C)C1.O=C=O. The molecule has 0 amide bonds. The van der Waals surface area contributed by atoms with Crippen molar-refractivity contribution >= 4 is 55.7 Å². The van der Waals surface area contributed by atoms with Crippen molar-refractivity contribution < 1.29 is 48.8 Å². The second-order valence-corrected chi connectivity index (χ2v) is 30.0. The van der Waals surface area contributed by atoms with Crippen LogP contribution in [0.25, 0.3) is 43.6 Å². The third kappa shape index (κ3) is 15.6. The molecule has 544 valence electrons. The van der Waals surface area contributed by atoms with Crippen molar-refractivity contribution in [3.05, 3.63) is 236 Å². The number of aryl methyl sites for hydroxylation is 4. The van der Waals surface area contributed by atoms with Gasteiger partial charge in [-0.15, -0.1) is 0 Å². The van der Waals surface area contributed by atoms with Crippen LogP contribution in [0.3, 0.4) is 0 Å². The number of likely N-dealkylation sites (N-methyl/N-ethyl adjacent to an activating group) is 4. The fourth-order valence-electron chi connectivity index (χ4n) is 15.6. The lowest BCUT2D eigenvalue weighted by molar-refractivity contribution is -0.191. The van der Waals surface area contributed by atoms with Crippen LogP contribution >= 0.6 is 0 Å². The van der Waals surface area contributed by atoms with E-state index in [1.807, 2.05) is 19.1 Å². The molecule has 22 heteroatoms. The fourth-order valence-corrected chi connectivity index (χ4v) is 15.6.